The van der Waals surface area contributed by atoms with Crippen LogP contribution in [0.15, 0.2) is 64.3 Å². The molecule has 0 saturated heterocycles. The molecule has 170 valence electrons. The lowest BCUT2D eigenvalue weighted by Gasteiger charge is -2.22. The molecule has 0 fully saturated rings. The number of ether oxygens (including phenoxy) is 2. The largest absolute Gasteiger partial charge is 0.459 e. The van der Waals surface area contributed by atoms with Gasteiger partial charge in [0.15, 0.2) is 0 Å². The molecule has 0 radical (unpaired) electrons. The van der Waals surface area contributed by atoms with Crippen LogP contribution in [0.1, 0.15) is 19.4 Å². The van der Waals surface area contributed by atoms with Gasteiger partial charge in [-0.2, -0.15) is 0 Å². The number of esters is 1. The minimum Gasteiger partial charge on any atom is -0.459 e. The maximum Gasteiger partial charge on any atom is 0.394 e. The molecular formula is C22H25ClN4O4S. The molecule has 0 aromatic heterocycles. The highest BCUT2D eigenvalue weighted by Crippen LogP contribution is 2.29. The molecule has 0 saturated carbocycles. The van der Waals surface area contributed by atoms with Gasteiger partial charge in [-0.15, -0.1) is 11.8 Å². The summed E-state index contributed by atoms with van der Waals surface area (Å²) >= 11 is 7.44. The molecule has 0 bridgehead atoms. The SMILES string of the molecule is C=C(NC1=C(C)C=C(Cl)SC1)C(=O)NC(Cc1ccccc1)C(=N)OC(=N)C(=O)OCC. The third kappa shape index (κ3) is 7.58. The predicted molar refractivity (Wildman–Crippen MR) is 127 cm³/mol. The number of rotatable bonds is 8. The van der Waals surface area contributed by atoms with Crippen molar-refractivity contribution in [1.29, 1.82) is 10.8 Å². The maximum atomic E-state index is 12.8. The van der Waals surface area contributed by atoms with Crippen molar-refractivity contribution in [2.75, 3.05) is 12.4 Å². The molecule has 32 heavy (non-hydrogen) atoms. The van der Waals surface area contributed by atoms with Crippen molar-refractivity contribution in [3.63, 3.8) is 0 Å². The van der Waals surface area contributed by atoms with Crippen LogP contribution in [-0.2, 0) is 25.5 Å². The van der Waals surface area contributed by atoms with E-state index in [0.717, 1.165) is 16.8 Å². The van der Waals surface area contributed by atoms with Gasteiger partial charge in [0.1, 0.15) is 6.04 Å². The Hall–Kier alpha value is -3.04. The third-order valence-corrected chi connectivity index (χ3v) is 5.58. The van der Waals surface area contributed by atoms with Gasteiger partial charge < -0.3 is 20.1 Å². The Bertz CT molecular complexity index is 975. The summed E-state index contributed by atoms with van der Waals surface area (Å²) in [4.78, 5) is 24.4. The lowest BCUT2D eigenvalue weighted by molar-refractivity contribution is -0.136. The van der Waals surface area contributed by atoms with Gasteiger partial charge in [-0.05, 0) is 31.1 Å². The normalized spacial score (nSPS) is 14.0. The van der Waals surface area contributed by atoms with E-state index < -0.39 is 29.7 Å². The van der Waals surface area contributed by atoms with Crippen molar-refractivity contribution in [2.24, 2.45) is 0 Å². The van der Waals surface area contributed by atoms with Gasteiger partial charge in [0.05, 0.1) is 16.7 Å². The van der Waals surface area contributed by atoms with Crippen molar-refractivity contribution in [1.82, 2.24) is 10.6 Å². The van der Waals surface area contributed by atoms with Crippen molar-refractivity contribution >= 4 is 47.0 Å². The molecule has 1 aliphatic heterocycles. The first-order valence-corrected chi connectivity index (χ1v) is 11.1. The van der Waals surface area contributed by atoms with Crippen LogP contribution in [0.4, 0.5) is 0 Å². The molecule has 4 N–H and O–H groups in total. The third-order valence-electron chi connectivity index (χ3n) is 4.31. The smallest absolute Gasteiger partial charge is 0.394 e. The molecule has 1 heterocycles. The molecule has 1 amide bonds. The van der Waals surface area contributed by atoms with Gasteiger partial charge in [-0.1, -0.05) is 48.5 Å². The van der Waals surface area contributed by atoms with E-state index in [4.69, 9.17) is 31.9 Å². The van der Waals surface area contributed by atoms with E-state index in [0.29, 0.717) is 10.1 Å². The van der Waals surface area contributed by atoms with Gasteiger partial charge in [-0.25, -0.2) is 4.79 Å². The Labute approximate surface area is 196 Å². The fraction of sp³-hybridized carbons (Fsp3) is 0.273. The summed E-state index contributed by atoms with van der Waals surface area (Å²) in [5, 5.41) is 21.6. The van der Waals surface area contributed by atoms with Gasteiger partial charge >= 0.3 is 11.9 Å². The zero-order valence-electron chi connectivity index (χ0n) is 17.8. The number of allylic oxidation sites excluding steroid dienone is 2. The number of carbonyl (C=O) groups is 2. The van der Waals surface area contributed by atoms with Crippen LogP contribution in [0, 0.1) is 10.8 Å². The molecule has 0 aliphatic carbocycles. The van der Waals surface area contributed by atoms with E-state index in [-0.39, 0.29) is 18.7 Å². The molecule has 8 nitrogen and oxygen atoms in total. The number of benzene rings is 1. The van der Waals surface area contributed by atoms with E-state index in [1.807, 2.05) is 37.3 Å². The van der Waals surface area contributed by atoms with Gasteiger partial charge in [-0.3, -0.25) is 15.6 Å². The summed E-state index contributed by atoms with van der Waals surface area (Å²) in [7, 11) is 0. The second-order valence-corrected chi connectivity index (χ2v) is 8.38. The maximum absolute atomic E-state index is 12.8. The Morgan fingerprint density at radius 3 is 2.59 bits per heavy atom. The van der Waals surface area contributed by atoms with E-state index in [9.17, 15) is 9.59 Å². The molecular weight excluding hydrogens is 452 g/mol. The highest BCUT2D eigenvalue weighted by molar-refractivity contribution is 8.04. The van der Waals surface area contributed by atoms with E-state index >= 15 is 0 Å². The Balaban J connectivity index is 2.11. The number of amides is 1. The lowest BCUT2D eigenvalue weighted by Crippen LogP contribution is -2.46. The zero-order valence-corrected chi connectivity index (χ0v) is 19.4. The second kappa shape index (κ2) is 12.1. The summed E-state index contributed by atoms with van der Waals surface area (Å²) < 4.78 is 10.4. The standard InChI is InChI=1S/C22H25ClN4O4S/c1-4-30-22(29)20(25)31-19(24)16(11-15-8-6-5-7-9-15)27-21(28)14(3)26-17-12-32-18(23)10-13(17)2/h5-10,16,24-26H,3-4,11-12H2,1-2H3,(H,27,28). The van der Waals surface area contributed by atoms with Crippen molar-refractivity contribution in [2.45, 2.75) is 26.3 Å². The highest BCUT2D eigenvalue weighted by Gasteiger charge is 2.25. The lowest BCUT2D eigenvalue weighted by atomic mass is 10.1. The monoisotopic (exact) mass is 476 g/mol. The minimum absolute atomic E-state index is 0.0710. The number of halogens is 1. The highest BCUT2D eigenvalue weighted by atomic mass is 35.5. The molecule has 1 aromatic rings. The minimum atomic E-state index is -0.989. The van der Waals surface area contributed by atoms with Crippen LogP contribution >= 0.6 is 23.4 Å². The molecule has 2 rings (SSSR count). The molecule has 1 unspecified atom stereocenters. The zero-order chi connectivity index (χ0) is 23.7. The molecule has 10 heteroatoms. The average Bonchev–Trinajstić information content (AvgIpc) is 2.75. The number of hydrogen-bond donors (Lipinski definition) is 4. The van der Waals surface area contributed by atoms with Gasteiger partial charge in [0.25, 0.3) is 5.91 Å². The number of hydrogen-bond acceptors (Lipinski definition) is 8. The van der Waals surface area contributed by atoms with Crippen LogP contribution in [0.2, 0.25) is 0 Å². The fourth-order valence-electron chi connectivity index (χ4n) is 2.65. The van der Waals surface area contributed by atoms with Crippen LogP contribution < -0.4 is 10.6 Å². The van der Waals surface area contributed by atoms with Crippen molar-refractivity contribution in [3.05, 3.63) is 69.9 Å². The molecule has 1 aliphatic rings. The number of thioether (sulfide) groups is 1. The van der Waals surface area contributed by atoms with Crippen molar-refractivity contribution < 1.29 is 19.1 Å². The Kier molecular flexibility index (Phi) is 9.55. The van der Waals surface area contributed by atoms with Crippen LogP contribution in [-0.4, -0.2) is 42.1 Å². The van der Waals surface area contributed by atoms with Gasteiger partial charge in [0, 0.05) is 17.9 Å². The predicted octanol–water partition coefficient (Wildman–Crippen LogP) is 3.45. The number of carbonyl (C=O) groups excluding carboxylic acids is 2. The molecule has 0 spiro atoms. The van der Waals surface area contributed by atoms with Crippen molar-refractivity contribution in [3.8, 4) is 0 Å². The van der Waals surface area contributed by atoms with Crippen LogP contribution in [0.5, 0.6) is 0 Å². The topological polar surface area (TPSA) is 124 Å². The Morgan fingerprint density at radius 1 is 1.28 bits per heavy atom. The van der Waals surface area contributed by atoms with Crippen LogP contribution in [0.25, 0.3) is 0 Å². The quantitative estimate of drug-likeness (QED) is 0.197. The van der Waals surface area contributed by atoms with E-state index in [1.165, 1.54) is 11.8 Å². The fourth-order valence-corrected chi connectivity index (χ4v) is 3.82. The first-order chi connectivity index (χ1) is 15.2. The second-order valence-electron chi connectivity index (χ2n) is 6.73. The summed E-state index contributed by atoms with van der Waals surface area (Å²) in [5.74, 6) is -2.27. The van der Waals surface area contributed by atoms with Crippen LogP contribution in [0.3, 0.4) is 0 Å². The summed E-state index contributed by atoms with van der Waals surface area (Å²) in [6, 6.07) is 8.23. The summed E-state index contributed by atoms with van der Waals surface area (Å²) in [5.41, 5.74) is 2.60. The average molecular weight is 477 g/mol. The van der Waals surface area contributed by atoms with E-state index in [2.05, 4.69) is 17.2 Å². The molecule has 1 aromatic carbocycles. The molecule has 1 atom stereocenters. The first-order valence-electron chi connectivity index (χ1n) is 9.73. The number of nitrogens with one attached hydrogen (secondary N) is 4. The first kappa shape index (κ1) is 25.2. The van der Waals surface area contributed by atoms with E-state index in [1.54, 1.807) is 13.0 Å². The summed E-state index contributed by atoms with van der Waals surface area (Å²) in [6.45, 7) is 7.33. The van der Waals surface area contributed by atoms with Gasteiger partial charge in [0.2, 0.25) is 5.90 Å². The Morgan fingerprint density at radius 2 is 1.97 bits per heavy atom. The summed E-state index contributed by atoms with van der Waals surface area (Å²) in [6.07, 6.45) is 2.01.